The fourth-order valence-electron chi connectivity index (χ4n) is 2.43. The summed E-state index contributed by atoms with van der Waals surface area (Å²) in [6, 6.07) is 15.8. The number of anilines is 4. The molecule has 8 heteroatoms. The summed E-state index contributed by atoms with van der Waals surface area (Å²) in [4.78, 5) is 24.7. The lowest BCUT2D eigenvalue weighted by molar-refractivity contribution is 0.101. The first-order valence-corrected chi connectivity index (χ1v) is 8.92. The zero-order valence-electron chi connectivity index (χ0n) is 14.5. The Balaban J connectivity index is 1.70. The Morgan fingerprint density at radius 2 is 1.00 bits per heavy atom. The van der Waals surface area contributed by atoms with Crippen molar-refractivity contribution in [3.05, 3.63) is 81.8 Å². The minimum Gasteiger partial charge on any atom is -0.399 e. The molecule has 6 nitrogen and oxygen atoms in total. The van der Waals surface area contributed by atoms with Crippen molar-refractivity contribution in [3.8, 4) is 0 Å². The van der Waals surface area contributed by atoms with E-state index < -0.39 is 0 Å². The summed E-state index contributed by atoms with van der Waals surface area (Å²) >= 11 is 12.1. The van der Waals surface area contributed by atoms with Gasteiger partial charge in [-0.1, -0.05) is 23.2 Å². The van der Waals surface area contributed by atoms with Crippen LogP contribution in [0.1, 0.15) is 20.7 Å². The molecule has 0 fully saturated rings. The molecule has 0 saturated heterocycles. The molecule has 3 aromatic rings. The van der Waals surface area contributed by atoms with Gasteiger partial charge in [0.25, 0.3) is 11.8 Å². The summed E-state index contributed by atoms with van der Waals surface area (Å²) in [5.74, 6) is -0.722. The summed E-state index contributed by atoms with van der Waals surface area (Å²) in [5, 5.41) is 6.07. The molecule has 0 radical (unpaired) electrons. The Morgan fingerprint density at radius 1 is 0.643 bits per heavy atom. The predicted octanol–water partition coefficient (Wildman–Crippen LogP) is 4.66. The number of nitrogen functional groups attached to an aromatic ring is 2. The van der Waals surface area contributed by atoms with Crippen LogP contribution in [0.25, 0.3) is 0 Å². The van der Waals surface area contributed by atoms with Crippen LogP contribution in [0.15, 0.2) is 60.7 Å². The molecule has 0 atom stereocenters. The molecule has 0 saturated carbocycles. The molecule has 0 unspecified atom stereocenters. The van der Waals surface area contributed by atoms with Crippen LogP contribution in [0, 0.1) is 0 Å². The fraction of sp³-hybridized carbons (Fsp3) is 0. The summed E-state index contributed by atoms with van der Waals surface area (Å²) in [7, 11) is 0. The quantitative estimate of drug-likeness (QED) is 0.465. The summed E-state index contributed by atoms with van der Waals surface area (Å²) in [6.45, 7) is 0. The van der Waals surface area contributed by atoms with E-state index in [-0.39, 0.29) is 11.8 Å². The summed E-state index contributed by atoms with van der Waals surface area (Å²) < 4.78 is 0. The van der Waals surface area contributed by atoms with E-state index in [1.54, 1.807) is 60.7 Å². The monoisotopic (exact) mass is 414 g/mol. The highest BCUT2D eigenvalue weighted by Crippen LogP contribution is 2.26. The Morgan fingerprint density at radius 3 is 1.32 bits per heavy atom. The average molecular weight is 415 g/mol. The van der Waals surface area contributed by atoms with Crippen molar-refractivity contribution in [2.45, 2.75) is 0 Å². The lowest BCUT2D eigenvalue weighted by Gasteiger charge is -2.10. The number of hydrogen-bond donors (Lipinski definition) is 4. The summed E-state index contributed by atoms with van der Waals surface area (Å²) in [5.41, 5.74) is 13.9. The third-order valence-electron chi connectivity index (χ3n) is 3.89. The van der Waals surface area contributed by atoms with Gasteiger partial charge >= 0.3 is 0 Å². The molecule has 3 rings (SSSR count). The largest absolute Gasteiger partial charge is 0.399 e. The van der Waals surface area contributed by atoms with E-state index in [0.29, 0.717) is 43.9 Å². The third kappa shape index (κ3) is 4.54. The zero-order chi connectivity index (χ0) is 20.3. The normalized spacial score (nSPS) is 10.4. The number of nitrogens with two attached hydrogens (primary N) is 2. The van der Waals surface area contributed by atoms with E-state index in [2.05, 4.69) is 10.6 Å². The fourth-order valence-corrected chi connectivity index (χ4v) is 2.90. The number of hydrogen-bond acceptors (Lipinski definition) is 4. The van der Waals surface area contributed by atoms with Gasteiger partial charge in [-0.05, 0) is 60.7 Å². The zero-order valence-corrected chi connectivity index (χ0v) is 16.0. The van der Waals surface area contributed by atoms with E-state index in [4.69, 9.17) is 34.7 Å². The van der Waals surface area contributed by atoms with Gasteiger partial charge in [-0.15, -0.1) is 0 Å². The van der Waals surface area contributed by atoms with Gasteiger partial charge < -0.3 is 22.1 Å². The molecule has 0 aliphatic carbocycles. The van der Waals surface area contributed by atoms with Crippen molar-refractivity contribution in [3.63, 3.8) is 0 Å². The molecular weight excluding hydrogens is 399 g/mol. The van der Waals surface area contributed by atoms with E-state index in [0.717, 1.165) is 0 Å². The Bertz CT molecular complexity index is 968. The smallest absolute Gasteiger partial charge is 0.255 e. The first-order chi connectivity index (χ1) is 13.3. The number of amides is 2. The van der Waals surface area contributed by atoms with Crippen molar-refractivity contribution in [2.24, 2.45) is 0 Å². The van der Waals surface area contributed by atoms with Crippen LogP contribution in [0.5, 0.6) is 0 Å². The van der Waals surface area contributed by atoms with Crippen molar-refractivity contribution in [1.29, 1.82) is 0 Å². The molecule has 2 amide bonds. The first-order valence-electron chi connectivity index (χ1n) is 8.16. The molecule has 0 aromatic heterocycles. The molecule has 6 N–H and O–H groups in total. The first kappa shape index (κ1) is 19.5. The number of nitrogens with one attached hydrogen (secondary N) is 2. The van der Waals surface area contributed by atoms with Crippen LogP contribution in [-0.4, -0.2) is 11.8 Å². The van der Waals surface area contributed by atoms with Gasteiger partial charge in [0.1, 0.15) is 0 Å². The minimum absolute atomic E-state index is 0.338. The minimum atomic E-state index is -0.361. The molecular formula is C20H16Cl2N4O2. The third-order valence-corrected chi connectivity index (χ3v) is 4.52. The van der Waals surface area contributed by atoms with Crippen molar-refractivity contribution >= 4 is 57.8 Å². The predicted molar refractivity (Wildman–Crippen MR) is 114 cm³/mol. The van der Waals surface area contributed by atoms with Gasteiger partial charge in [0, 0.05) is 22.5 Å². The number of halogens is 2. The molecule has 0 heterocycles. The van der Waals surface area contributed by atoms with Gasteiger partial charge in [-0.3, -0.25) is 9.59 Å². The Kier molecular flexibility index (Phi) is 5.73. The van der Waals surface area contributed by atoms with Gasteiger partial charge in [-0.2, -0.15) is 0 Å². The second-order valence-corrected chi connectivity index (χ2v) is 6.78. The van der Waals surface area contributed by atoms with Gasteiger partial charge in [0.2, 0.25) is 0 Å². The molecule has 0 aliphatic rings. The maximum atomic E-state index is 12.4. The summed E-state index contributed by atoms with van der Waals surface area (Å²) in [6.07, 6.45) is 0. The lowest BCUT2D eigenvalue weighted by atomic mass is 10.1. The highest BCUT2D eigenvalue weighted by Gasteiger charge is 2.12. The topological polar surface area (TPSA) is 110 Å². The maximum Gasteiger partial charge on any atom is 0.255 e. The van der Waals surface area contributed by atoms with Crippen molar-refractivity contribution in [2.75, 3.05) is 22.1 Å². The molecule has 0 bridgehead atoms. The van der Waals surface area contributed by atoms with E-state index in [1.807, 2.05) is 0 Å². The average Bonchev–Trinajstić information content (AvgIpc) is 2.66. The number of carbonyl (C=O) groups excluding carboxylic acids is 2. The lowest BCUT2D eigenvalue weighted by Crippen LogP contribution is -2.14. The highest BCUT2D eigenvalue weighted by molar-refractivity contribution is 6.34. The molecule has 142 valence electrons. The van der Waals surface area contributed by atoms with Gasteiger partial charge in [0.15, 0.2) is 0 Å². The maximum absolute atomic E-state index is 12.4. The molecule has 0 spiro atoms. The number of carbonyl (C=O) groups is 2. The van der Waals surface area contributed by atoms with E-state index in [1.165, 1.54) is 0 Å². The van der Waals surface area contributed by atoms with Crippen LogP contribution in [0.4, 0.5) is 22.7 Å². The van der Waals surface area contributed by atoms with Crippen LogP contribution in [0.3, 0.4) is 0 Å². The van der Waals surface area contributed by atoms with E-state index >= 15 is 0 Å². The van der Waals surface area contributed by atoms with Crippen LogP contribution in [-0.2, 0) is 0 Å². The van der Waals surface area contributed by atoms with Gasteiger partial charge in [-0.25, -0.2) is 0 Å². The number of benzene rings is 3. The van der Waals surface area contributed by atoms with Crippen LogP contribution >= 0.6 is 23.2 Å². The van der Waals surface area contributed by atoms with Crippen molar-refractivity contribution in [1.82, 2.24) is 0 Å². The Labute approximate surface area is 171 Å². The van der Waals surface area contributed by atoms with Crippen LogP contribution < -0.4 is 22.1 Å². The second kappa shape index (κ2) is 8.21. The Hall–Kier alpha value is -3.22. The SMILES string of the molecule is Nc1ccc(NC(=O)c2ccc(C(=O)Nc3ccc(N)cc3Cl)cc2)c(Cl)c1. The number of rotatable bonds is 4. The molecule has 3 aromatic carbocycles. The molecule has 28 heavy (non-hydrogen) atoms. The van der Waals surface area contributed by atoms with Crippen molar-refractivity contribution < 1.29 is 9.59 Å². The molecule has 0 aliphatic heterocycles. The van der Waals surface area contributed by atoms with Gasteiger partial charge in [0.05, 0.1) is 21.4 Å². The highest BCUT2D eigenvalue weighted by atomic mass is 35.5. The standard InChI is InChI=1S/C20H16Cl2N4O2/c21-15-9-13(23)5-7-17(15)25-19(27)11-1-2-12(4-3-11)20(28)26-18-8-6-14(24)10-16(18)22/h1-10H,23-24H2,(H,25,27)(H,26,28). The van der Waals surface area contributed by atoms with E-state index in [9.17, 15) is 9.59 Å². The van der Waals surface area contributed by atoms with Crippen LogP contribution in [0.2, 0.25) is 10.0 Å². The second-order valence-electron chi connectivity index (χ2n) is 5.96.